The Morgan fingerprint density at radius 3 is 2.32 bits per heavy atom. The highest BCUT2D eigenvalue weighted by molar-refractivity contribution is 7.89. The first-order valence-corrected chi connectivity index (χ1v) is 6.93. The third-order valence-electron chi connectivity index (χ3n) is 2.42. The fraction of sp³-hybridized carbons (Fsp3) is 0.154. The van der Waals surface area contributed by atoms with Gasteiger partial charge in [-0.25, -0.2) is 8.42 Å². The quantitative estimate of drug-likeness (QED) is 0.630. The lowest BCUT2D eigenvalue weighted by Crippen LogP contribution is -2.31. The highest BCUT2D eigenvalue weighted by Gasteiger charge is 2.24. The third-order valence-corrected chi connectivity index (χ3v) is 4.33. The molecule has 0 spiro atoms. The molecule has 0 aromatic heterocycles. The van der Waals surface area contributed by atoms with Gasteiger partial charge in [-0.2, -0.15) is 9.57 Å². The van der Waals surface area contributed by atoms with Gasteiger partial charge in [-0.05, 0) is 18.2 Å². The third kappa shape index (κ3) is 3.22. The number of sulfonamides is 1. The summed E-state index contributed by atoms with van der Waals surface area (Å²) >= 11 is 0. The van der Waals surface area contributed by atoms with Crippen molar-refractivity contribution in [2.45, 2.75) is 4.90 Å². The summed E-state index contributed by atoms with van der Waals surface area (Å²) in [7, 11) is -3.72. The number of anilines is 1. The summed E-state index contributed by atoms with van der Waals surface area (Å²) in [5.74, 6) is 0. The van der Waals surface area contributed by atoms with E-state index in [1.807, 2.05) is 6.07 Å². The van der Waals surface area contributed by atoms with Gasteiger partial charge in [0.2, 0.25) is 10.0 Å². The van der Waals surface area contributed by atoms with E-state index in [1.54, 1.807) is 0 Å². The molecule has 0 heterocycles. The van der Waals surface area contributed by atoms with Crippen LogP contribution in [-0.4, -0.2) is 25.8 Å². The van der Waals surface area contributed by atoms with Crippen molar-refractivity contribution in [2.75, 3.05) is 18.8 Å². The van der Waals surface area contributed by atoms with Gasteiger partial charge < -0.3 is 5.73 Å². The van der Waals surface area contributed by atoms with Crippen molar-refractivity contribution >= 4 is 15.7 Å². The normalized spacial score (nSPS) is 10.9. The van der Waals surface area contributed by atoms with Crippen molar-refractivity contribution in [2.24, 2.45) is 0 Å². The Balaban J connectivity index is 3.29. The smallest absolute Gasteiger partial charge is 0.245 e. The summed E-state index contributed by atoms with van der Waals surface area (Å²) < 4.78 is 26.0. The Kier molecular flexibility index (Phi) is 4.87. The predicted molar refractivity (Wildman–Crippen MR) is 74.7 cm³/mol. The lowest BCUT2D eigenvalue weighted by molar-refractivity contribution is 0.474. The van der Waals surface area contributed by atoms with Crippen LogP contribution in [-0.2, 0) is 10.0 Å². The molecule has 0 saturated heterocycles. The lowest BCUT2D eigenvalue weighted by Gasteiger charge is -2.20. The van der Waals surface area contributed by atoms with E-state index in [0.29, 0.717) is 5.56 Å². The molecule has 0 aliphatic heterocycles. The van der Waals surface area contributed by atoms with Gasteiger partial charge in [-0.3, -0.25) is 0 Å². The summed E-state index contributed by atoms with van der Waals surface area (Å²) in [6.45, 7) is 7.37. The molecule has 0 amide bonds. The fourth-order valence-corrected chi connectivity index (χ4v) is 3.03. The topological polar surface area (TPSA) is 87.2 Å². The van der Waals surface area contributed by atoms with E-state index >= 15 is 0 Å². The maximum absolute atomic E-state index is 12.4. The highest BCUT2D eigenvalue weighted by Crippen LogP contribution is 2.23. The van der Waals surface area contributed by atoms with Crippen molar-refractivity contribution in [3.8, 4) is 6.07 Å². The van der Waals surface area contributed by atoms with E-state index in [2.05, 4.69) is 13.2 Å². The molecule has 0 radical (unpaired) electrons. The predicted octanol–water partition coefficient (Wildman–Crippen LogP) is 1.50. The molecule has 1 aromatic carbocycles. The largest absolute Gasteiger partial charge is 0.398 e. The molecule has 0 bridgehead atoms. The summed E-state index contributed by atoms with van der Waals surface area (Å²) in [5.41, 5.74) is 6.07. The van der Waals surface area contributed by atoms with Crippen LogP contribution in [0.4, 0.5) is 5.69 Å². The Hall–Kier alpha value is -2.10. The molecule has 0 fully saturated rings. The zero-order valence-electron chi connectivity index (χ0n) is 10.4. The van der Waals surface area contributed by atoms with E-state index < -0.39 is 10.0 Å². The van der Waals surface area contributed by atoms with E-state index in [-0.39, 0.29) is 23.7 Å². The molecule has 0 atom stereocenters. The van der Waals surface area contributed by atoms with Gasteiger partial charge in [0.25, 0.3) is 0 Å². The molecule has 2 N–H and O–H groups in total. The van der Waals surface area contributed by atoms with Crippen molar-refractivity contribution in [3.63, 3.8) is 0 Å². The molecule has 0 saturated carbocycles. The Labute approximate surface area is 113 Å². The molecule has 5 nitrogen and oxygen atoms in total. The Bertz CT molecular complexity index is 620. The Morgan fingerprint density at radius 1 is 1.32 bits per heavy atom. The molecule has 0 aliphatic carbocycles. The van der Waals surface area contributed by atoms with Crippen LogP contribution in [0.1, 0.15) is 5.56 Å². The minimum atomic E-state index is -3.72. The zero-order chi connectivity index (χ0) is 14.5. The first kappa shape index (κ1) is 15.0. The minimum Gasteiger partial charge on any atom is -0.398 e. The van der Waals surface area contributed by atoms with Crippen LogP contribution in [0.5, 0.6) is 0 Å². The van der Waals surface area contributed by atoms with E-state index in [0.717, 1.165) is 0 Å². The van der Waals surface area contributed by atoms with Crippen LogP contribution in [0.3, 0.4) is 0 Å². The molecule has 100 valence electrons. The van der Waals surface area contributed by atoms with Gasteiger partial charge in [-0.15, -0.1) is 13.2 Å². The second-order valence-corrected chi connectivity index (χ2v) is 5.67. The summed E-state index contributed by atoms with van der Waals surface area (Å²) in [6, 6.07) is 6.00. The number of nitrogens with zero attached hydrogens (tertiary/aromatic N) is 2. The molecular weight excluding hydrogens is 262 g/mol. The van der Waals surface area contributed by atoms with Crippen molar-refractivity contribution in [1.29, 1.82) is 5.26 Å². The molecule has 0 aliphatic rings. The van der Waals surface area contributed by atoms with Crippen LogP contribution in [0.15, 0.2) is 48.4 Å². The second-order valence-electron chi connectivity index (χ2n) is 3.76. The minimum absolute atomic E-state index is 0.0183. The van der Waals surface area contributed by atoms with E-state index in [4.69, 9.17) is 11.0 Å². The average Bonchev–Trinajstić information content (AvgIpc) is 2.38. The number of rotatable bonds is 6. The Morgan fingerprint density at radius 2 is 1.89 bits per heavy atom. The maximum Gasteiger partial charge on any atom is 0.245 e. The SMILES string of the molecule is C=CCN(CC=C)S(=O)(=O)c1ccc(C#N)cc1N. The fourth-order valence-electron chi connectivity index (χ4n) is 1.55. The van der Waals surface area contributed by atoms with Gasteiger partial charge in [0, 0.05) is 13.1 Å². The monoisotopic (exact) mass is 277 g/mol. The van der Waals surface area contributed by atoms with Crippen molar-refractivity contribution < 1.29 is 8.42 Å². The molecule has 0 unspecified atom stereocenters. The molecular formula is C13H15N3O2S. The van der Waals surface area contributed by atoms with Crippen LogP contribution >= 0.6 is 0 Å². The summed E-state index contributed by atoms with van der Waals surface area (Å²) in [5, 5.41) is 8.74. The maximum atomic E-state index is 12.4. The van der Waals surface area contributed by atoms with Crippen LogP contribution in [0, 0.1) is 11.3 Å². The number of hydrogen-bond acceptors (Lipinski definition) is 4. The summed E-state index contributed by atoms with van der Waals surface area (Å²) in [4.78, 5) is -0.0183. The number of hydrogen-bond donors (Lipinski definition) is 1. The molecule has 1 aromatic rings. The molecule has 19 heavy (non-hydrogen) atoms. The van der Waals surface area contributed by atoms with Gasteiger partial charge in [-0.1, -0.05) is 12.2 Å². The van der Waals surface area contributed by atoms with Crippen molar-refractivity contribution in [3.05, 3.63) is 49.1 Å². The number of nitrogen functional groups attached to an aromatic ring is 1. The second kappa shape index (κ2) is 6.18. The lowest BCUT2D eigenvalue weighted by atomic mass is 10.2. The van der Waals surface area contributed by atoms with Crippen LogP contribution < -0.4 is 5.73 Å². The average molecular weight is 277 g/mol. The highest BCUT2D eigenvalue weighted by atomic mass is 32.2. The summed E-state index contributed by atoms with van der Waals surface area (Å²) in [6.07, 6.45) is 2.97. The van der Waals surface area contributed by atoms with Gasteiger partial charge in [0.15, 0.2) is 0 Å². The number of nitrogens with two attached hydrogens (primary N) is 1. The van der Waals surface area contributed by atoms with Crippen LogP contribution in [0.25, 0.3) is 0 Å². The van der Waals surface area contributed by atoms with E-state index in [9.17, 15) is 8.42 Å². The number of benzene rings is 1. The first-order valence-electron chi connectivity index (χ1n) is 5.49. The van der Waals surface area contributed by atoms with Crippen molar-refractivity contribution in [1.82, 2.24) is 4.31 Å². The van der Waals surface area contributed by atoms with E-state index in [1.165, 1.54) is 34.7 Å². The van der Waals surface area contributed by atoms with Gasteiger partial charge >= 0.3 is 0 Å². The zero-order valence-corrected chi connectivity index (χ0v) is 11.2. The van der Waals surface area contributed by atoms with Gasteiger partial charge in [0.05, 0.1) is 17.3 Å². The molecule has 1 rings (SSSR count). The first-order chi connectivity index (χ1) is 8.97. The molecule has 6 heteroatoms. The van der Waals surface area contributed by atoms with Crippen LogP contribution in [0.2, 0.25) is 0 Å². The number of nitriles is 1. The standard InChI is InChI=1S/C13H15N3O2S/c1-3-7-16(8-4-2)19(17,18)13-6-5-11(10-14)9-12(13)15/h3-6,9H,1-2,7-8,15H2. The van der Waals surface area contributed by atoms with Gasteiger partial charge in [0.1, 0.15) is 4.90 Å².